The zero-order valence-electron chi connectivity index (χ0n) is 57.6. The van der Waals surface area contributed by atoms with Crippen LogP contribution in [-0.2, 0) is 51.6 Å². The number of aromatic nitrogens is 5. The third kappa shape index (κ3) is 14.4. The molecule has 0 spiro atoms. The molecule has 7 aromatic heterocycles. The number of para-hydroxylation sites is 6. The molecule has 1 saturated carbocycles. The van der Waals surface area contributed by atoms with Gasteiger partial charge in [-0.25, -0.2) is 0 Å². The van der Waals surface area contributed by atoms with Crippen LogP contribution < -0.4 is 4.90 Å². The number of thiophene rings is 1. The molecule has 0 saturated heterocycles. The SMILES string of the molecule is S=C1c2[nH]c3ccccc3c2CCN1CC1CCCCC1.S=C1c2[nH]c3ccccc3c2CCN1CCc1ccccc1.S=C1c2[nH]c3ccccc3c2CCN1Cc1ccco1.S=C1c2[nH]c3ccccc3c2CCN1Cc1cccs1.S=C1c2[nH]c3ccccc3c2CCN1c1ccccc1. The summed E-state index contributed by atoms with van der Waals surface area (Å²) in [4.78, 5) is 35.1. The van der Waals surface area contributed by atoms with Gasteiger partial charge in [-0.3, -0.25) is 0 Å². The zero-order valence-corrected chi connectivity index (χ0v) is 62.5. The lowest BCUT2D eigenvalue weighted by atomic mass is 9.88. The maximum absolute atomic E-state index is 5.79. The van der Waals surface area contributed by atoms with E-state index in [0.717, 1.165) is 157 Å². The van der Waals surface area contributed by atoms with Crippen LogP contribution in [0.25, 0.3) is 54.5 Å². The number of aromatic amines is 5. The lowest BCUT2D eigenvalue weighted by Gasteiger charge is -2.34. The number of H-pyrrole nitrogens is 5. The van der Waals surface area contributed by atoms with E-state index in [4.69, 9.17) is 65.5 Å². The fraction of sp³-hybridized carbons (Fsp3) is 0.244. The molecule has 0 amide bonds. The predicted octanol–water partition coefficient (Wildman–Crippen LogP) is 19.6. The Morgan fingerprint density at radius 3 is 1.22 bits per heavy atom. The number of nitrogens with one attached hydrogen (secondary N) is 5. The van der Waals surface area contributed by atoms with E-state index >= 15 is 0 Å². The van der Waals surface area contributed by atoms with Gasteiger partial charge in [-0.15, -0.1) is 11.3 Å². The smallest absolute Gasteiger partial charge is 0.130 e. The van der Waals surface area contributed by atoms with E-state index in [1.165, 1.54) is 136 Å². The van der Waals surface area contributed by atoms with E-state index in [0.29, 0.717) is 0 Å². The Kier molecular flexibility index (Phi) is 20.5. The van der Waals surface area contributed by atoms with Crippen molar-refractivity contribution in [2.45, 2.75) is 83.7 Å². The van der Waals surface area contributed by atoms with E-state index in [2.05, 4.69) is 237 Å². The molecular formula is C86H82N10OS6. The molecule has 103 heavy (non-hydrogen) atoms. The number of hydrogen-bond acceptors (Lipinski definition) is 7. The van der Waals surface area contributed by atoms with Crippen LogP contribution >= 0.6 is 72.4 Å². The summed E-state index contributed by atoms with van der Waals surface area (Å²) in [6, 6.07) is 71.5. The number of anilines is 1. The van der Waals surface area contributed by atoms with Crippen molar-refractivity contribution in [1.82, 2.24) is 44.5 Å². The van der Waals surface area contributed by atoms with Crippen LogP contribution in [0.2, 0.25) is 0 Å². The minimum atomic E-state index is 0.737. The van der Waals surface area contributed by atoms with Gasteiger partial charge in [-0.1, -0.05) is 226 Å². The van der Waals surface area contributed by atoms with Crippen LogP contribution in [0.1, 0.15) is 105 Å². The summed E-state index contributed by atoms with van der Waals surface area (Å²) in [5.74, 6) is 1.80. The summed E-state index contributed by atoms with van der Waals surface area (Å²) in [5, 5.41) is 8.71. The second-order valence-electron chi connectivity index (χ2n) is 27.6. The first-order valence-corrected chi connectivity index (χ1v) is 39.2. The highest BCUT2D eigenvalue weighted by atomic mass is 32.1. The molecule has 17 heteroatoms. The van der Waals surface area contributed by atoms with E-state index in [1.807, 2.05) is 24.3 Å². The summed E-state index contributed by atoms with van der Waals surface area (Å²) in [6.45, 7) is 8.79. The number of benzene rings is 7. The molecule has 7 aromatic carbocycles. The number of hydrogen-bond donors (Lipinski definition) is 5. The van der Waals surface area contributed by atoms with Gasteiger partial charge >= 0.3 is 0 Å². The molecule has 1 fully saturated rings. The Balaban J connectivity index is 0.0000000994. The Labute approximate surface area is 632 Å². The maximum Gasteiger partial charge on any atom is 0.130 e. The minimum absolute atomic E-state index is 0.737. The molecular weight excluding hydrogens is 1380 g/mol. The molecule has 5 N–H and O–H groups in total. The Morgan fingerprint density at radius 1 is 0.369 bits per heavy atom. The highest BCUT2D eigenvalue weighted by molar-refractivity contribution is 7.81. The van der Waals surface area contributed by atoms with Crippen LogP contribution in [0, 0.1) is 5.92 Å². The quantitative estimate of drug-likeness (QED) is 0.0845. The number of fused-ring (bicyclic) bond motifs is 15. The molecule has 6 aliphatic rings. The lowest BCUT2D eigenvalue weighted by Crippen LogP contribution is -2.40. The van der Waals surface area contributed by atoms with Gasteiger partial charge in [0.25, 0.3) is 0 Å². The predicted molar refractivity (Wildman–Crippen MR) is 446 cm³/mol. The Bertz CT molecular complexity index is 5230. The molecule has 5 aliphatic heterocycles. The molecule has 0 atom stereocenters. The minimum Gasteiger partial charge on any atom is -0.467 e. The van der Waals surface area contributed by atoms with Gasteiger partial charge < -0.3 is 53.8 Å². The zero-order chi connectivity index (χ0) is 69.8. The highest BCUT2D eigenvalue weighted by Gasteiger charge is 2.31. The number of thiocarbonyl (C=S) groups is 5. The van der Waals surface area contributed by atoms with Crippen molar-refractivity contribution in [1.29, 1.82) is 0 Å². The molecule has 14 aromatic rings. The van der Waals surface area contributed by atoms with Gasteiger partial charge in [-0.2, -0.15) is 0 Å². The third-order valence-electron chi connectivity index (χ3n) is 21.3. The van der Waals surface area contributed by atoms with Gasteiger partial charge in [0, 0.05) is 111 Å². The van der Waals surface area contributed by atoms with E-state index in [9.17, 15) is 0 Å². The van der Waals surface area contributed by atoms with E-state index in [-0.39, 0.29) is 0 Å². The van der Waals surface area contributed by atoms with Crippen LogP contribution in [-0.4, -0.2) is 115 Å². The second kappa shape index (κ2) is 30.9. The Morgan fingerprint density at radius 2 is 0.767 bits per heavy atom. The molecule has 0 unspecified atom stereocenters. The molecule has 12 heterocycles. The van der Waals surface area contributed by atoms with Crippen LogP contribution in [0.5, 0.6) is 0 Å². The normalized spacial score (nSPS) is 15.7. The van der Waals surface area contributed by atoms with Crippen molar-refractivity contribution in [3.05, 3.63) is 290 Å². The summed E-state index contributed by atoms with van der Waals surface area (Å²) in [5.41, 5.74) is 21.1. The number of rotatable bonds is 10. The monoisotopic (exact) mass is 1460 g/mol. The summed E-state index contributed by atoms with van der Waals surface area (Å²) < 4.78 is 5.42. The molecule has 0 radical (unpaired) electrons. The molecule has 518 valence electrons. The maximum atomic E-state index is 5.79. The summed E-state index contributed by atoms with van der Waals surface area (Å²) in [6.07, 6.45) is 15.0. The van der Waals surface area contributed by atoms with Gasteiger partial charge in [0.1, 0.15) is 30.7 Å². The third-order valence-corrected chi connectivity index (χ3v) is 24.4. The lowest BCUT2D eigenvalue weighted by molar-refractivity contribution is 0.274. The fourth-order valence-corrected chi connectivity index (χ4v) is 18.5. The fourth-order valence-electron chi connectivity index (χ4n) is 16.0. The average Bonchev–Trinajstić information content (AvgIpc) is 1.67. The summed E-state index contributed by atoms with van der Waals surface area (Å²) in [7, 11) is 0. The largest absolute Gasteiger partial charge is 0.467 e. The molecule has 0 bridgehead atoms. The number of furan rings is 1. The van der Waals surface area contributed by atoms with E-state index in [1.54, 1.807) is 17.6 Å². The van der Waals surface area contributed by atoms with Gasteiger partial charge in [0.05, 0.1) is 47.8 Å². The van der Waals surface area contributed by atoms with Crippen molar-refractivity contribution < 1.29 is 4.42 Å². The van der Waals surface area contributed by atoms with Crippen molar-refractivity contribution >= 4 is 158 Å². The Hall–Kier alpha value is -9.33. The highest BCUT2D eigenvalue weighted by Crippen LogP contribution is 2.36. The first-order valence-electron chi connectivity index (χ1n) is 36.3. The molecule has 11 nitrogen and oxygen atoms in total. The van der Waals surface area contributed by atoms with Crippen molar-refractivity contribution in [3.8, 4) is 0 Å². The van der Waals surface area contributed by atoms with Crippen molar-refractivity contribution in [2.75, 3.05) is 50.7 Å². The van der Waals surface area contributed by atoms with Gasteiger partial charge in [-0.05, 0) is 157 Å². The molecule has 1 aliphatic carbocycles. The van der Waals surface area contributed by atoms with E-state index < -0.39 is 0 Å². The topological polar surface area (TPSA) is 108 Å². The first kappa shape index (κ1) is 68.1. The molecule has 20 rings (SSSR count). The van der Waals surface area contributed by atoms with Gasteiger partial charge in [0.2, 0.25) is 0 Å². The van der Waals surface area contributed by atoms with Crippen LogP contribution in [0.4, 0.5) is 5.69 Å². The average molecular weight is 1460 g/mol. The standard InChI is InChI=1S/C19H18N2S.C18H22N2S.C17H14N2S.C16H14N2OS.C16H14N2S2/c22-19-18-16(15-8-4-5-9-17(15)20-18)11-13-21(19)12-10-14-6-2-1-3-7-14;21-18-17-15(14-8-4-5-9-16(14)19-17)10-11-20(18)12-13-6-2-1-3-7-13;20-17-16-14(13-8-4-5-9-15(13)18-16)10-11-19(17)12-6-2-1-3-7-12;20-16-15-13(12-5-1-2-6-14(12)17-15)7-8-18(16)10-11-4-3-9-19-11;19-16-15-13(12-5-1-2-6-14(12)17-15)7-8-18(16)10-11-4-3-9-20-11/h1-9,20H,10-13H2;4-5,8-9,13,19H,1-3,6-7,10-12H2;1-9,18H,10-11H2;2*1-6,9,17H,7-8,10H2. The number of nitrogens with zero attached hydrogens (tertiary/aromatic N) is 5. The van der Waals surface area contributed by atoms with Crippen molar-refractivity contribution in [2.24, 2.45) is 5.92 Å². The van der Waals surface area contributed by atoms with Crippen LogP contribution in [0.3, 0.4) is 0 Å². The van der Waals surface area contributed by atoms with Gasteiger partial charge in [0.15, 0.2) is 0 Å². The first-order chi connectivity index (χ1) is 50.6. The van der Waals surface area contributed by atoms with Crippen LogP contribution in [0.15, 0.2) is 222 Å². The summed E-state index contributed by atoms with van der Waals surface area (Å²) >= 11 is 30.4. The second-order valence-corrected chi connectivity index (χ2v) is 30.5. The van der Waals surface area contributed by atoms with Crippen molar-refractivity contribution in [3.63, 3.8) is 0 Å².